The number of allylic oxidation sites excluding steroid dienone is 2. The molecular weight excluding hydrogens is 432 g/mol. The number of rotatable bonds is 5. The van der Waals surface area contributed by atoms with Crippen LogP contribution in [0.2, 0.25) is 0 Å². The number of ether oxygens (including phenoxy) is 2. The van der Waals surface area contributed by atoms with Crippen LogP contribution in [0.1, 0.15) is 88.9 Å². The SMILES string of the molecule is CC(C)(C)C1=CCCC(Oc2ccc(-c3ccc(C(=O)C4CCCCOCCC4)cc3)cc2)CC1. The van der Waals surface area contributed by atoms with Crippen molar-refractivity contribution < 1.29 is 14.3 Å². The summed E-state index contributed by atoms with van der Waals surface area (Å²) in [5.74, 6) is 1.35. The summed E-state index contributed by atoms with van der Waals surface area (Å²) in [4.78, 5) is 13.1. The van der Waals surface area contributed by atoms with Gasteiger partial charge in [0.1, 0.15) is 5.75 Å². The van der Waals surface area contributed by atoms with Crippen molar-refractivity contribution in [2.45, 2.75) is 84.7 Å². The minimum atomic E-state index is 0.123. The van der Waals surface area contributed by atoms with E-state index in [9.17, 15) is 4.79 Å². The number of carbonyl (C=O) groups excluding carboxylic acids is 1. The van der Waals surface area contributed by atoms with E-state index in [1.54, 1.807) is 5.57 Å². The lowest BCUT2D eigenvalue weighted by Gasteiger charge is -2.23. The van der Waals surface area contributed by atoms with Gasteiger partial charge < -0.3 is 9.47 Å². The fourth-order valence-electron chi connectivity index (χ4n) is 5.32. The van der Waals surface area contributed by atoms with E-state index in [1.807, 2.05) is 12.1 Å². The van der Waals surface area contributed by atoms with Gasteiger partial charge in [-0.1, -0.05) is 75.2 Å². The van der Waals surface area contributed by atoms with Gasteiger partial charge in [0.25, 0.3) is 0 Å². The molecule has 188 valence electrons. The molecule has 3 heteroatoms. The summed E-state index contributed by atoms with van der Waals surface area (Å²) in [6.07, 6.45) is 12.0. The van der Waals surface area contributed by atoms with Crippen LogP contribution in [0.15, 0.2) is 60.2 Å². The highest BCUT2D eigenvalue weighted by atomic mass is 16.5. The zero-order chi connectivity index (χ0) is 24.7. The molecular formula is C32H42O3. The quantitative estimate of drug-likeness (QED) is 0.322. The first kappa shape index (κ1) is 25.7. The third-order valence-corrected chi connectivity index (χ3v) is 7.54. The highest BCUT2D eigenvalue weighted by Crippen LogP contribution is 2.34. The summed E-state index contributed by atoms with van der Waals surface area (Å²) in [7, 11) is 0. The van der Waals surface area contributed by atoms with E-state index in [0.717, 1.165) is 93.4 Å². The third-order valence-electron chi connectivity index (χ3n) is 7.54. The molecule has 0 saturated carbocycles. The summed E-state index contributed by atoms with van der Waals surface area (Å²) in [5.41, 5.74) is 4.91. The van der Waals surface area contributed by atoms with Gasteiger partial charge in [-0.2, -0.15) is 0 Å². The molecule has 0 radical (unpaired) electrons. The Balaban J connectivity index is 1.34. The molecule has 2 aromatic carbocycles. The van der Waals surface area contributed by atoms with Gasteiger partial charge in [-0.15, -0.1) is 0 Å². The molecule has 4 rings (SSSR count). The molecule has 1 fully saturated rings. The smallest absolute Gasteiger partial charge is 0.165 e. The van der Waals surface area contributed by atoms with Crippen molar-refractivity contribution >= 4 is 5.78 Å². The molecule has 0 N–H and O–H groups in total. The van der Waals surface area contributed by atoms with Gasteiger partial charge in [-0.25, -0.2) is 0 Å². The lowest BCUT2D eigenvalue weighted by atomic mass is 9.84. The second-order valence-electron chi connectivity index (χ2n) is 11.2. The highest BCUT2D eigenvalue weighted by Gasteiger charge is 2.22. The monoisotopic (exact) mass is 474 g/mol. The molecule has 0 spiro atoms. The van der Waals surface area contributed by atoms with Gasteiger partial charge in [-0.3, -0.25) is 4.79 Å². The second kappa shape index (κ2) is 12.0. The van der Waals surface area contributed by atoms with E-state index < -0.39 is 0 Å². The van der Waals surface area contributed by atoms with Crippen LogP contribution >= 0.6 is 0 Å². The van der Waals surface area contributed by atoms with E-state index in [1.165, 1.54) is 0 Å². The summed E-state index contributed by atoms with van der Waals surface area (Å²) in [5, 5.41) is 0. The molecule has 35 heavy (non-hydrogen) atoms. The first-order chi connectivity index (χ1) is 16.9. The lowest BCUT2D eigenvalue weighted by Crippen LogP contribution is -2.16. The zero-order valence-corrected chi connectivity index (χ0v) is 21.9. The van der Waals surface area contributed by atoms with Crippen LogP contribution < -0.4 is 4.74 Å². The molecule has 0 amide bonds. The van der Waals surface area contributed by atoms with Crippen LogP contribution in [0.3, 0.4) is 0 Å². The standard InChI is InChI=1S/C32H42O3/c1-32(2,3)28-10-6-11-29(21-18-28)35-30-19-16-25(17-20-30)24-12-14-27(15-13-24)31(33)26-8-4-5-22-34-23-7-9-26/h10,12-17,19-20,26,29H,4-9,11,18,21-23H2,1-3H3. The minimum absolute atomic E-state index is 0.123. The topological polar surface area (TPSA) is 35.5 Å². The summed E-state index contributed by atoms with van der Waals surface area (Å²) >= 11 is 0. The number of Topliss-reactive ketones (excluding diaryl/α,β-unsaturated/α-hetero) is 1. The molecule has 2 unspecified atom stereocenters. The zero-order valence-electron chi connectivity index (χ0n) is 21.9. The van der Waals surface area contributed by atoms with Gasteiger partial charge in [0.15, 0.2) is 5.78 Å². The van der Waals surface area contributed by atoms with Gasteiger partial charge >= 0.3 is 0 Å². The predicted octanol–water partition coefficient (Wildman–Crippen LogP) is 8.43. The van der Waals surface area contributed by atoms with Crippen molar-refractivity contribution in [1.82, 2.24) is 0 Å². The Morgan fingerprint density at radius 1 is 0.829 bits per heavy atom. The number of hydrogen-bond acceptors (Lipinski definition) is 3. The molecule has 1 saturated heterocycles. The van der Waals surface area contributed by atoms with Crippen molar-refractivity contribution in [3.05, 3.63) is 65.7 Å². The van der Waals surface area contributed by atoms with E-state index in [2.05, 4.69) is 63.2 Å². The van der Waals surface area contributed by atoms with E-state index in [0.29, 0.717) is 0 Å². The predicted molar refractivity (Wildman–Crippen MR) is 144 cm³/mol. The number of benzene rings is 2. The first-order valence-electron chi connectivity index (χ1n) is 13.6. The normalized spacial score (nSPS) is 22.2. The van der Waals surface area contributed by atoms with Crippen LogP contribution in [0.4, 0.5) is 0 Å². The Labute approximate surface area is 211 Å². The maximum Gasteiger partial charge on any atom is 0.165 e. The van der Waals surface area contributed by atoms with Crippen LogP contribution in [0.25, 0.3) is 11.1 Å². The largest absolute Gasteiger partial charge is 0.490 e. The van der Waals surface area contributed by atoms with Crippen molar-refractivity contribution in [3.8, 4) is 16.9 Å². The average Bonchev–Trinajstić information content (AvgIpc) is 3.00. The van der Waals surface area contributed by atoms with Gasteiger partial charge in [0, 0.05) is 24.7 Å². The Morgan fingerprint density at radius 2 is 1.49 bits per heavy atom. The second-order valence-corrected chi connectivity index (χ2v) is 11.2. The van der Waals surface area contributed by atoms with Crippen molar-refractivity contribution in [2.24, 2.45) is 11.3 Å². The highest BCUT2D eigenvalue weighted by molar-refractivity contribution is 5.98. The summed E-state index contributed by atoms with van der Waals surface area (Å²) in [6, 6.07) is 16.6. The Hall–Kier alpha value is -2.39. The molecule has 1 aliphatic heterocycles. The minimum Gasteiger partial charge on any atom is -0.490 e. The molecule has 2 aromatic rings. The number of hydrogen-bond donors (Lipinski definition) is 0. The fraction of sp³-hybridized carbons (Fsp3) is 0.531. The van der Waals surface area contributed by atoms with Gasteiger partial charge in [-0.05, 0) is 80.0 Å². The molecule has 2 atom stereocenters. The molecule has 0 bridgehead atoms. The van der Waals surface area contributed by atoms with Gasteiger partial charge in [0.2, 0.25) is 0 Å². The van der Waals surface area contributed by atoms with Gasteiger partial charge in [0.05, 0.1) is 6.10 Å². The Bertz CT molecular complexity index is 969. The van der Waals surface area contributed by atoms with Crippen LogP contribution in [0.5, 0.6) is 5.75 Å². The van der Waals surface area contributed by atoms with Crippen LogP contribution in [0, 0.1) is 11.3 Å². The first-order valence-corrected chi connectivity index (χ1v) is 13.6. The lowest BCUT2D eigenvalue weighted by molar-refractivity contribution is 0.0899. The summed E-state index contributed by atoms with van der Waals surface area (Å²) < 4.78 is 11.9. The van der Waals surface area contributed by atoms with Crippen LogP contribution in [-0.4, -0.2) is 25.1 Å². The van der Waals surface area contributed by atoms with Crippen molar-refractivity contribution in [1.29, 1.82) is 0 Å². The molecule has 3 nitrogen and oxygen atoms in total. The Kier molecular flexibility index (Phi) is 8.83. The van der Waals surface area contributed by atoms with Crippen LogP contribution in [-0.2, 0) is 4.74 Å². The Morgan fingerprint density at radius 3 is 2.20 bits per heavy atom. The fourth-order valence-corrected chi connectivity index (χ4v) is 5.32. The average molecular weight is 475 g/mol. The van der Waals surface area contributed by atoms with Crippen molar-refractivity contribution in [2.75, 3.05) is 13.2 Å². The van der Waals surface area contributed by atoms with E-state index >= 15 is 0 Å². The molecule has 2 aliphatic rings. The summed E-state index contributed by atoms with van der Waals surface area (Å²) in [6.45, 7) is 8.51. The number of carbonyl (C=O) groups is 1. The molecule has 0 aromatic heterocycles. The maximum absolute atomic E-state index is 13.1. The van der Waals surface area contributed by atoms with Crippen molar-refractivity contribution in [3.63, 3.8) is 0 Å². The third kappa shape index (κ3) is 7.30. The van der Waals surface area contributed by atoms with E-state index in [4.69, 9.17) is 9.47 Å². The molecule has 1 heterocycles. The van der Waals surface area contributed by atoms with E-state index in [-0.39, 0.29) is 23.2 Å². The molecule has 1 aliphatic carbocycles. The maximum atomic E-state index is 13.1. The number of ketones is 1.